The van der Waals surface area contributed by atoms with Gasteiger partial charge in [-0.3, -0.25) is 14.4 Å². The molecular weight excluding hydrogens is 560 g/mol. The molecule has 0 aliphatic rings. The van der Waals surface area contributed by atoms with Crippen LogP contribution in [0.2, 0.25) is 0 Å². The number of rotatable bonds is 16. The molecule has 0 unspecified atom stereocenters. The fraction of sp³-hybridized carbons (Fsp3) is 0.400. The molecule has 0 aliphatic carbocycles. The van der Waals surface area contributed by atoms with Gasteiger partial charge in [-0.05, 0) is 29.9 Å². The predicted octanol–water partition coefficient (Wildman–Crippen LogP) is 2.36. The number of nitrogens with two attached hydrogens (primary N) is 1. The summed E-state index contributed by atoms with van der Waals surface area (Å²) >= 11 is 0. The zero-order valence-corrected chi connectivity index (χ0v) is 24.9. The molecule has 0 bridgehead atoms. The molecule has 12 heteroatoms. The normalized spacial score (nSPS) is 13.6. The van der Waals surface area contributed by atoms with Crippen LogP contribution in [0.5, 0.6) is 0 Å². The van der Waals surface area contributed by atoms with E-state index >= 15 is 0 Å². The Morgan fingerprint density at radius 1 is 0.857 bits per heavy atom. The van der Waals surface area contributed by atoms with Crippen LogP contribution in [0, 0.1) is 5.92 Å². The Kier molecular flexibility index (Phi) is 13.7. The fourth-order valence-corrected chi connectivity index (χ4v) is 4.45. The van der Waals surface area contributed by atoms with Crippen molar-refractivity contribution < 1.29 is 32.3 Å². The summed E-state index contributed by atoms with van der Waals surface area (Å²) in [6, 6.07) is 15.2. The zero-order chi connectivity index (χ0) is 31.1. The van der Waals surface area contributed by atoms with Gasteiger partial charge in [0.05, 0.1) is 0 Å². The Balaban J connectivity index is 2.22. The van der Waals surface area contributed by atoms with Crippen molar-refractivity contribution in [3.63, 3.8) is 0 Å². The van der Waals surface area contributed by atoms with Gasteiger partial charge in [0.1, 0.15) is 18.7 Å². The van der Waals surface area contributed by atoms with Crippen LogP contribution in [-0.4, -0.2) is 56.6 Å². The molecule has 0 radical (unpaired) electrons. The topological polar surface area (TPSA) is 174 Å². The van der Waals surface area contributed by atoms with Gasteiger partial charge in [0.2, 0.25) is 17.7 Å². The molecular formula is C30H40N4O7S. The van der Waals surface area contributed by atoms with Gasteiger partial charge in [0.25, 0.3) is 0 Å². The van der Waals surface area contributed by atoms with E-state index in [4.69, 9.17) is 10.5 Å². The van der Waals surface area contributed by atoms with Gasteiger partial charge in [0, 0.05) is 30.5 Å². The van der Waals surface area contributed by atoms with Crippen molar-refractivity contribution in [3.05, 3.63) is 83.3 Å². The second-order valence-electron chi connectivity index (χ2n) is 10.4. The summed E-state index contributed by atoms with van der Waals surface area (Å²) in [7, 11) is -3.51. The standard InChI is InChI=1S/C30H40N4O7S/c1-21(2)18-25(34-30(38)41-20-23-12-8-5-9-13-23)29(37)33-26(19-22-10-6-4-7-11-22)28(36)32-24(14-15-27(31)35)16-17-42(3,39)40/h4-13,16-17,21,24-26H,14-15,18-20H2,1-3H3,(H2,31,35)(H,32,36)(H,33,37)(H,34,38)/b17-16+/t24-,25-,26-/m0/s1. The monoisotopic (exact) mass is 600 g/mol. The third-order valence-electron chi connectivity index (χ3n) is 6.03. The molecule has 228 valence electrons. The van der Waals surface area contributed by atoms with E-state index in [1.54, 1.807) is 36.4 Å². The van der Waals surface area contributed by atoms with Gasteiger partial charge in [-0.1, -0.05) is 80.6 Å². The molecule has 11 nitrogen and oxygen atoms in total. The van der Waals surface area contributed by atoms with E-state index in [9.17, 15) is 27.6 Å². The summed E-state index contributed by atoms with van der Waals surface area (Å²) in [5.74, 6) is -1.78. The van der Waals surface area contributed by atoms with E-state index in [-0.39, 0.29) is 38.2 Å². The van der Waals surface area contributed by atoms with Crippen molar-refractivity contribution in [3.8, 4) is 0 Å². The SMILES string of the molecule is CC(C)C[C@H](NC(=O)OCc1ccccc1)C(=O)N[C@@H](Cc1ccccc1)C(=O)N[C@H](/C=C/S(C)(=O)=O)CCC(N)=O. The van der Waals surface area contributed by atoms with Crippen molar-refractivity contribution in [2.45, 2.75) is 64.3 Å². The number of hydrogen-bond acceptors (Lipinski definition) is 7. The third-order valence-corrected chi connectivity index (χ3v) is 6.68. The van der Waals surface area contributed by atoms with E-state index in [1.165, 1.54) is 6.08 Å². The maximum absolute atomic E-state index is 13.5. The lowest BCUT2D eigenvalue weighted by molar-refractivity contribution is -0.130. The van der Waals surface area contributed by atoms with Gasteiger partial charge in [0.15, 0.2) is 9.84 Å². The highest BCUT2D eigenvalue weighted by Crippen LogP contribution is 2.10. The molecule has 0 spiro atoms. The van der Waals surface area contributed by atoms with E-state index in [0.717, 1.165) is 22.8 Å². The van der Waals surface area contributed by atoms with Crippen LogP contribution in [0.3, 0.4) is 0 Å². The number of nitrogens with one attached hydrogen (secondary N) is 3. The highest BCUT2D eigenvalue weighted by molar-refractivity contribution is 7.93. The highest BCUT2D eigenvalue weighted by Gasteiger charge is 2.29. The van der Waals surface area contributed by atoms with Crippen molar-refractivity contribution in [1.29, 1.82) is 0 Å². The van der Waals surface area contributed by atoms with Crippen molar-refractivity contribution in [2.75, 3.05) is 6.26 Å². The maximum Gasteiger partial charge on any atom is 0.408 e. The first-order valence-electron chi connectivity index (χ1n) is 13.6. The number of alkyl carbamates (subject to hydrolysis) is 1. The van der Waals surface area contributed by atoms with Crippen LogP contribution in [0.4, 0.5) is 4.79 Å². The quantitative estimate of drug-likeness (QED) is 0.229. The van der Waals surface area contributed by atoms with Crippen LogP contribution in [0.25, 0.3) is 0 Å². The van der Waals surface area contributed by atoms with E-state index in [1.807, 2.05) is 38.1 Å². The lowest BCUT2D eigenvalue weighted by Gasteiger charge is -2.25. The first kappa shape index (κ1) is 34.0. The molecule has 2 aromatic carbocycles. The summed E-state index contributed by atoms with van der Waals surface area (Å²) in [4.78, 5) is 50.8. The minimum absolute atomic E-state index is 0.0232. The molecule has 5 N–H and O–H groups in total. The van der Waals surface area contributed by atoms with Gasteiger partial charge in [-0.15, -0.1) is 0 Å². The summed E-state index contributed by atoms with van der Waals surface area (Å²) < 4.78 is 28.6. The Morgan fingerprint density at radius 2 is 1.43 bits per heavy atom. The second kappa shape index (κ2) is 16.9. The highest BCUT2D eigenvalue weighted by atomic mass is 32.2. The van der Waals surface area contributed by atoms with Crippen molar-refractivity contribution >= 4 is 33.7 Å². The van der Waals surface area contributed by atoms with Gasteiger partial charge >= 0.3 is 6.09 Å². The smallest absolute Gasteiger partial charge is 0.408 e. The third kappa shape index (κ3) is 13.9. The number of carbonyl (C=O) groups excluding carboxylic acids is 4. The van der Waals surface area contributed by atoms with Crippen LogP contribution in [0.15, 0.2) is 72.1 Å². The van der Waals surface area contributed by atoms with Gasteiger partial charge in [-0.2, -0.15) is 0 Å². The lowest BCUT2D eigenvalue weighted by atomic mass is 10.0. The van der Waals surface area contributed by atoms with Gasteiger partial charge in [-0.25, -0.2) is 13.2 Å². The molecule has 0 fully saturated rings. The summed E-state index contributed by atoms with van der Waals surface area (Å²) in [5, 5.41) is 8.98. The molecule has 2 aromatic rings. The first-order valence-corrected chi connectivity index (χ1v) is 15.6. The molecule has 4 amide bonds. The molecule has 0 heterocycles. The van der Waals surface area contributed by atoms with E-state index in [0.29, 0.717) is 0 Å². The number of amides is 4. The van der Waals surface area contributed by atoms with Gasteiger partial charge < -0.3 is 26.4 Å². The minimum Gasteiger partial charge on any atom is -0.445 e. The second-order valence-corrected chi connectivity index (χ2v) is 12.3. The Hall–Kier alpha value is -4.19. The number of carbonyl (C=O) groups is 4. The summed E-state index contributed by atoms with van der Waals surface area (Å²) in [5.41, 5.74) is 6.80. The molecule has 0 saturated carbocycles. The lowest BCUT2D eigenvalue weighted by Crippen LogP contribution is -2.55. The van der Waals surface area contributed by atoms with E-state index < -0.39 is 51.8 Å². The van der Waals surface area contributed by atoms with Crippen LogP contribution in [-0.2, 0) is 42.0 Å². The van der Waals surface area contributed by atoms with Crippen LogP contribution in [0.1, 0.15) is 44.2 Å². The Morgan fingerprint density at radius 3 is 1.98 bits per heavy atom. The minimum atomic E-state index is -3.51. The summed E-state index contributed by atoms with van der Waals surface area (Å²) in [6.07, 6.45) is 1.85. The maximum atomic E-state index is 13.5. The fourth-order valence-electron chi connectivity index (χ4n) is 3.98. The first-order chi connectivity index (χ1) is 19.8. The molecule has 2 rings (SSSR count). The Bertz CT molecular complexity index is 1320. The largest absolute Gasteiger partial charge is 0.445 e. The van der Waals surface area contributed by atoms with Crippen molar-refractivity contribution in [1.82, 2.24) is 16.0 Å². The number of primary amides is 1. The molecule has 0 aromatic heterocycles. The van der Waals surface area contributed by atoms with Crippen LogP contribution >= 0.6 is 0 Å². The van der Waals surface area contributed by atoms with E-state index in [2.05, 4.69) is 16.0 Å². The number of hydrogen-bond donors (Lipinski definition) is 4. The summed E-state index contributed by atoms with van der Waals surface area (Å²) in [6.45, 7) is 3.81. The molecule has 0 aliphatic heterocycles. The predicted molar refractivity (Wildman–Crippen MR) is 159 cm³/mol. The number of sulfone groups is 1. The average Bonchev–Trinajstić information content (AvgIpc) is 2.93. The molecule has 0 saturated heterocycles. The van der Waals surface area contributed by atoms with Crippen molar-refractivity contribution in [2.24, 2.45) is 11.7 Å². The number of ether oxygens (including phenoxy) is 1. The number of benzene rings is 2. The van der Waals surface area contributed by atoms with Crippen LogP contribution < -0.4 is 21.7 Å². The molecule has 42 heavy (non-hydrogen) atoms. The Labute approximate surface area is 247 Å². The molecule has 3 atom stereocenters. The average molecular weight is 601 g/mol. The zero-order valence-electron chi connectivity index (χ0n) is 24.1.